The third-order valence-corrected chi connectivity index (χ3v) is 10.9. The molecular weight excluding hydrogens is 402 g/mol. The van der Waals surface area contributed by atoms with Gasteiger partial charge < -0.3 is 5.73 Å². The minimum Gasteiger partial charge on any atom is -0.399 e. The summed E-state index contributed by atoms with van der Waals surface area (Å²) in [5.74, 6) is 0. The van der Waals surface area contributed by atoms with E-state index in [1.54, 1.807) is 0 Å². The lowest BCUT2D eigenvalue weighted by molar-refractivity contribution is 1.62. The third kappa shape index (κ3) is 3.55. The molecule has 0 aliphatic rings. The lowest BCUT2D eigenvalue weighted by atomic mass is 10.1. The van der Waals surface area contributed by atoms with E-state index in [-0.39, 0.29) is 0 Å². The molecule has 0 aliphatic carbocycles. The van der Waals surface area contributed by atoms with Gasteiger partial charge in [-0.3, -0.25) is 0 Å². The number of hydrogen-bond acceptors (Lipinski definition) is 1. The van der Waals surface area contributed by atoms with Crippen molar-refractivity contribution in [3.05, 3.63) is 140 Å². The van der Waals surface area contributed by atoms with E-state index in [2.05, 4.69) is 127 Å². The highest BCUT2D eigenvalue weighted by Gasteiger charge is 2.41. The first-order valence-corrected chi connectivity index (χ1v) is 12.9. The predicted molar refractivity (Wildman–Crippen MR) is 140 cm³/mol. The van der Waals surface area contributed by atoms with Crippen LogP contribution in [0, 0.1) is 0 Å². The van der Waals surface area contributed by atoms with E-state index in [0.717, 1.165) is 5.69 Å². The van der Waals surface area contributed by atoms with Crippen LogP contribution in [0.1, 0.15) is 0 Å². The van der Waals surface area contributed by atoms with Gasteiger partial charge >= 0.3 is 0 Å². The predicted octanol–water partition coefficient (Wildman–Crippen LogP) is 4.31. The maximum Gasteiger partial charge on any atom is 0.179 e. The molecule has 0 spiro atoms. The van der Waals surface area contributed by atoms with E-state index in [9.17, 15) is 0 Å². The van der Waals surface area contributed by atoms with E-state index in [0.29, 0.717) is 0 Å². The normalized spacial score (nSPS) is 11.2. The van der Waals surface area contributed by atoms with Crippen molar-refractivity contribution in [2.45, 2.75) is 0 Å². The van der Waals surface area contributed by atoms with Gasteiger partial charge in [-0.1, -0.05) is 127 Å². The summed E-state index contributed by atoms with van der Waals surface area (Å²) in [5, 5.41) is 5.51. The van der Waals surface area contributed by atoms with Crippen molar-refractivity contribution < 1.29 is 0 Å². The standard InChI is InChI=1S/C30H25NSi/c31-26-21-19-24(20-22-26)25-11-10-18-30(23-25)32(27-12-4-1-5-13-27,28-14-6-2-7-15-28)29-16-8-3-9-17-29/h1-23H,31H2. The molecule has 5 aromatic carbocycles. The summed E-state index contributed by atoms with van der Waals surface area (Å²) in [5.41, 5.74) is 9.11. The Hall–Kier alpha value is -3.88. The summed E-state index contributed by atoms with van der Waals surface area (Å²) in [6.07, 6.45) is 0. The zero-order chi connectivity index (χ0) is 21.8. The Labute approximate surface area is 190 Å². The molecule has 0 saturated heterocycles. The molecule has 0 unspecified atom stereocenters. The summed E-state index contributed by atoms with van der Waals surface area (Å²) in [6, 6.07) is 50.2. The zero-order valence-electron chi connectivity index (χ0n) is 17.9. The summed E-state index contributed by atoms with van der Waals surface area (Å²) < 4.78 is 0. The number of hydrogen-bond donors (Lipinski definition) is 1. The molecule has 0 saturated carbocycles. The Kier molecular flexibility index (Phi) is 5.45. The van der Waals surface area contributed by atoms with Crippen molar-refractivity contribution >= 4 is 34.5 Å². The Morgan fingerprint density at radius 3 is 1.28 bits per heavy atom. The highest BCUT2D eigenvalue weighted by Crippen LogP contribution is 2.21. The molecule has 2 N–H and O–H groups in total. The van der Waals surface area contributed by atoms with Crippen LogP contribution >= 0.6 is 0 Å². The molecule has 0 radical (unpaired) electrons. The van der Waals surface area contributed by atoms with Crippen molar-refractivity contribution in [1.82, 2.24) is 0 Å². The summed E-state index contributed by atoms with van der Waals surface area (Å²) >= 11 is 0. The van der Waals surface area contributed by atoms with Crippen LogP contribution in [0.25, 0.3) is 11.1 Å². The van der Waals surface area contributed by atoms with Crippen LogP contribution in [0.2, 0.25) is 0 Å². The van der Waals surface area contributed by atoms with Crippen LogP contribution in [-0.4, -0.2) is 8.07 Å². The first-order valence-electron chi connectivity index (χ1n) is 10.9. The van der Waals surface area contributed by atoms with Crippen molar-refractivity contribution in [1.29, 1.82) is 0 Å². The molecule has 1 nitrogen and oxygen atoms in total. The molecule has 32 heavy (non-hydrogen) atoms. The van der Waals surface area contributed by atoms with E-state index in [4.69, 9.17) is 5.73 Å². The average molecular weight is 428 g/mol. The van der Waals surface area contributed by atoms with Crippen molar-refractivity contribution in [2.75, 3.05) is 5.73 Å². The Morgan fingerprint density at radius 2 is 0.812 bits per heavy atom. The van der Waals surface area contributed by atoms with E-state index in [1.165, 1.54) is 31.9 Å². The van der Waals surface area contributed by atoms with E-state index in [1.807, 2.05) is 12.1 Å². The minimum atomic E-state index is -2.50. The molecule has 154 valence electrons. The Balaban J connectivity index is 1.83. The Bertz CT molecular complexity index is 1200. The van der Waals surface area contributed by atoms with Crippen molar-refractivity contribution in [3.63, 3.8) is 0 Å². The second kappa shape index (κ2) is 8.70. The van der Waals surface area contributed by atoms with E-state index >= 15 is 0 Å². The number of benzene rings is 5. The number of nitrogen functional groups attached to an aromatic ring is 1. The van der Waals surface area contributed by atoms with Gasteiger partial charge in [0.25, 0.3) is 0 Å². The molecule has 0 bridgehead atoms. The average Bonchev–Trinajstić information content (AvgIpc) is 2.87. The summed E-state index contributed by atoms with van der Waals surface area (Å²) in [6.45, 7) is 0. The first-order chi connectivity index (χ1) is 15.8. The highest BCUT2D eigenvalue weighted by atomic mass is 28.3. The fourth-order valence-electron chi connectivity index (χ4n) is 4.67. The third-order valence-electron chi connectivity index (χ3n) is 6.16. The highest BCUT2D eigenvalue weighted by molar-refractivity contribution is 7.19. The fourth-order valence-corrected chi connectivity index (χ4v) is 9.47. The summed E-state index contributed by atoms with van der Waals surface area (Å²) in [4.78, 5) is 0. The largest absolute Gasteiger partial charge is 0.399 e. The molecule has 5 rings (SSSR count). The molecule has 0 aliphatic heterocycles. The lowest BCUT2D eigenvalue weighted by Gasteiger charge is -2.34. The van der Waals surface area contributed by atoms with Crippen LogP contribution in [0.4, 0.5) is 5.69 Å². The lowest BCUT2D eigenvalue weighted by Crippen LogP contribution is -2.74. The first kappa shape index (κ1) is 20.0. The molecule has 5 aromatic rings. The van der Waals surface area contributed by atoms with Gasteiger partial charge in [0.15, 0.2) is 8.07 Å². The minimum absolute atomic E-state index is 0.784. The van der Waals surface area contributed by atoms with Gasteiger partial charge in [-0.15, -0.1) is 0 Å². The molecule has 2 heteroatoms. The van der Waals surface area contributed by atoms with Gasteiger partial charge in [-0.05, 0) is 44.0 Å². The summed E-state index contributed by atoms with van der Waals surface area (Å²) in [7, 11) is -2.50. The van der Waals surface area contributed by atoms with Crippen LogP contribution in [0.3, 0.4) is 0 Å². The number of nitrogens with two attached hydrogens (primary N) is 1. The van der Waals surface area contributed by atoms with Crippen LogP contribution in [0.5, 0.6) is 0 Å². The fraction of sp³-hybridized carbons (Fsp3) is 0. The van der Waals surface area contributed by atoms with Gasteiger partial charge in [0, 0.05) is 5.69 Å². The molecule has 0 heterocycles. The molecule has 0 atom stereocenters. The number of rotatable bonds is 5. The maximum atomic E-state index is 5.94. The van der Waals surface area contributed by atoms with Crippen molar-refractivity contribution in [3.8, 4) is 11.1 Å². The van der Waals surface area contributed by atoms with Gasteiger partial charge in [-0.25, -0.2) is 0 Å². The van der Waals surface area contributed by atoms with Crippen molar-refractivity contribution in [2.24, 2.45) is 0 Å². The SMILES string of the molecule is Nc1ccc(-c2cccc([Si](c3ccccc3)(c3ccccc3)c3ccccc3)c2)cc1. The molecule has 0 aromatic heterocycles. The second-order valence-electron chi connectivity index (χ2n) is 8.05. The smallest absolute Gasteiger partial charge is 0.179 e. The zero-order valence-corrected chi connectivity index (χ0v) is 18.9. The van der Waals surface area contributed by atoms with Gasteiger partial charge in [0.1, 0.15) is 0 Å². The van der Waals surface area contributed by atoms with E-state index < -0.39 is 8.07 Å². The maximum absolute atomic E-state index is 5.94. The van der Waals surface area contributed by atoms with Gasteiger partial charge in [0.05, 0.1) is 0 Å². The number of anilines is 1. The topological polar surface area (TPSA) is 26.0 Å². The van der Waals surface area contributed by atoms with Gasteiger partial charge in [-0.2, -0.15) is 0 Å². The van der Waals surface area contributed by atoms with Gasteiger partial charge in [0.2, 0.25) is 0 Å². The monoisotopic (exact) mass is 427 g/mol. The Morgan fingerprint density at radius 1 is 0.375 bits per heavy atom. The van der Waals surface area contributed by atoms with Crippen LogP contribution < -0.4 is 26.5 Å². The van der Waals surface area contributed by atoms with Crippen LogP contribution in [0.15, 0.2) is 140 Å². The quantitative estimate of drug-likeness (QED) is 0.252. The molecule has 0 fully saturated rings. The van der Waals surface area contributed by atoms with Crippen LogP contribution in [-0.2, 0) is 0 Å². The molecular formula is C30H25NSi. The molecule has 0 amide bonds. The second-order valence-corrected chi connectivity index (χ2v) is 11.9.